The molecule has 1 heterocycles. The first kappa shape index (κ1) is 20.4. The van der Waals surface area contributed by atoms with Crippen LogP contribution in [0.3, 0.4) is 0 Å². The van der Waals surface area contributed by atoms with E-state index in [-0.39, 0.29) is 5.91 Å². The summed E-state index contributed by atoms with van der Waals surface area (Å²) in [4.78, 5) is 17.1. The average molecular weight is 380 g/mol. The monoisotopic (exact) mass is 379 g/mol. The second-order valence-corrected chi connectivity index (χ2v) is 7.64. The molecular formula is C24H33N3O. The van der Waals surface area contributed by atoms with E-state index >= 15 is 0 Å². The zero-order chi connectivity index (χ0) is 19.8. The van der Waals surface area contributed by atoms with Crippen molar-refractivity contribution in [3.8, 4) is 0 Å². The summed E-state index contributed by atoms with van der Waals surface area (Å²) in [5, 5.41) is 3.07. The van der Waals surface area contributed by atoms with Crippen molar-refractivity contribution in [2.75, 3.05) is 31.6 Å². The lowest BCUT2D eigenvalue weighted by Crippen LogP contribution is -2.40. The number of amides is 1. The smallest absolute Gasteiger partial charge is 0.251 e. The number of anilines is 2. The minimum absolute atomic E-state index is 0.0135. The SMILES string of the molecule is CC[C@@H]1CCCCN1CCCNC(=O)c1ccc(N(C)c2ccccc2)cc1. The molecule has 1 aliphatic rings. The maximum Gasteiger partial charge on any atom is 0.251 e. The summed E-state index contributed by atoms with van der Waals surface area (Å²) < 4.78 is 0. The van der Waals surface area contributed by atoms with Gasteiger partial charge in [0.15, 0.2) is 0 Å². The quantitative estimate of drug-likeness (QED) is 0.667. The summed E-state index contributed by atoms with van der Waals surface area (Å²) >= 11 is 0. The lowest BCUT2D eigenvalue weighted by atomic mass is 10.00. The molecule has 0 saturated carbocycles. The molecule has 2 aromatic rings. The van der Waals surface area contributed by atoms with Crippen LogP contribution in [0.25, 0.3) is 0 Å². The number of carbonyl (C=O) groups is 1. The minimum atomic E-state index is 0.0135. The van der Waals surface area contributed by atoms with E-state index in [0.29, 0.717) is 0 Å². The molecule has 1 amide bonds. The van der Waals surface area contributed by atoms with E-state index in [0.717, 1.165) is 42.5 Å². The van der Waals surface area contributed by atoms with Crippen molar-refractivity contribution in [3.63, 3.8) is 0 Å². The van der Waals surface area contributed by atoms with E-state index in [9.17, 15) is 4.79 Å². The number of likely N-dealkylation sites (tertiary alicyclic amines) is 1. The van der Waals surface area contributed by atoms with Crippen LogP contribution in [-0.4, -0.2) is 43.5 Å². The second-order valence-electron chi connectivity index (χ2n) is 7.64. The van der Waals surface area contributed by atoms with Crippen LogP contribution in [0, 0.1) is 0 Å². The Morgan fingerprint density at radius 1 is 1.07 bits per heavy atom. The molecule has 2 aromatic carbocycles. The van der Waals surface area contributed by atoms with E-state index in [2.05, 4.69) is 34.2 Å². The van der Waals surface area contributed by atoms with Crippen molar-refractivity contribution >= 4 is 17.3 Å². The van der Waals surface area contributed by atoms with Crippen molar-refractivity contribution in [2.24, 2.45) is 0 Å². The lowest BCUT2D eigenvalue weighted by molar-refractivity contribution is 0.0947. The molecule has 0 spiro atoms. The van der Waals surface area contributed by atoms with Gasteiger partial charge in [-0.25, -0.2) is 0 Å². The third-order valence-corrected chi connectivity index (χ3v) is 5.79. The van der Waals surface area contributed by atoms with Crippen LogP contribution in [0.2, 0.25) is 0 Å². The van der Waals surface area contributed by atoms with Gasteiger partial charge in [-0.05, 0) is 68.6 Å². The third kappa shape index (κ3) is 5.35. The average Bonchev–Trinajstić information content (AvgIpc) is 2.77. The largest absolute Gasteiger partial charge is 0.352 e. The van der Waals surface area contributed by atoms with Crippen molar-refractivity contribution < 1.29 is 4.79 Å². The molecule has 0 aliphatic carbocycles. The van der Waals surface area contributed by atoms with Gasteiger partial charge in [-0.15, -0.1) is 0 Å². The summed E-state index contributed by atoms with van der Waals surface area (Å²) in [5.41, 5.74) is 2.91. The fraction of sp³-hybridized carbons (Fsp3) is 0.458. The van der Waals surface area contributed by atoms with Crippen molar-refractivity contribution in [2.45, 2.75) is 45.1 Å². The van der Waals surface area contributed by atoms with Gasteiger partial charge >= 0.3 is 0 Å². The van der Waals surface area contributed by atoms with E-state index in [4.69, 9.17) is 0 Å². The maximum absolute atomic E-state index is 12.4. The topological polar surface area (TPSA) is 35.6 Å². The standard InChI is InChI=1S/C24H33N3O/c1-3-21-10-7-8-18-27(21)19-9-17-25-24(28)20-13-15-23(16-14-20)26(2)22-11-5-4-6-12-22/h4-6,11-16,21H,3,7-10,17-19H2,1-2H3,(H,25,28)/t21-/m1/s1. The van der Waals surface area contributed by atoms with Gasteiger partial charge < -0.3 is 15.1 Å². The van der Waals surface area contributed by atoms with Crippen LogP contribution in [0.5, 0.6) is 0 Å². The van der Waals surface area contributed by atoms with Gasteiger partial charge in [-0.3, -0.25) is 4.79 Å². The Balaban J connectivity index is 1.45. The highest BCUT2D eigenvalue weighted by Crippen LogP contribution is 2.23. The number of benzene rings is 2. The Bertz CT molecular complexity index is 729. The van der Waals surface area contributed by atoms with Crippen LogP contribution in [-0.2, 0) is 0 Å². The Kier molecular flexibility index (Phi) is 7.49. The molecule has 0 radical (unpaired) electrons. The molecule has 0 unspecified atom stereocenters. The lowest BCUT2D eigenvalue weighted by Gasteiger charge is -2.35. The number of carbonyl (C=O) groups excluding carboxylic acids is 1. The predicted molar refractivity (Wildman–Crippen MR) is 117 cm³/mol. The van der Waals surface area contributed by atoms with Gasteiger partial charge in [0, 0.05) is 43.1 Å². The highest BCUT2D eigenvalue weighted by atomic mass is 16.1. The van der Waals surface area contributed by atoms with E-state index in [1.165, 1.54) is 32.2 Å². The molecule has 4 nitrogen and oxygen atoms in total. The summed E-state index contributed by atoms with van der Waals surface area (Å²) in [7, 11) is 2.04. The second kappa shape index (κ2) is 10.3. The molecule has 1 aliphatic heterocycles. The molecule has 0 bridgehead atoms. The van der Waals surface area contributed by atoms with Gasteiger partial charge in [0.25, 0.3) is 5.91 Å². The Hall–Kier alpha value is -2.33. The summed E-state index contributed by atoms with van der Waals surface area (Å²) in [6.07, 6.45) is 6.24. The number of nitrogens with one attached hydrogen (secondary N) is 1. The Morgan fingerprint density at radius 2 is 1.79 bits per heavy atom. The van der Waals surface area contributed by atoms with E-state index in [1.807, 2.05) is 49.5 Å². The number of rotatable bonds is 8. The zero-order valence-corrected chi connectivity index (χ0v) is 17.2. The molecule has 1 N–H and O–H groups in total. The maximum atomic E-state index is 12.4. The predicted octanol–water partition coefficient (Wildman–Crippen LogP) is 4.84. The van der Waals surface area contributed by atoms with Crippen molar-refractivity contribution in [1.29, 1.82) is 0 Å². The first-order chi connectivity index (χ1) is 13.7. The van der Waals surface area contributed by atoms with Crippen LogP contribution >= 0.6 is 0 Å². The highest BCUT2D eigenvalue weighted by molar-refractivity contribution is 5.94. The summed E-state index contributed by atoms with van der Waals surface area (Å²) in [6, 6.07) is 18.8. The number of para-hydroxylation sites is 1. The van der Waals surface area contributed by atoms with Crippen LogP contribution in [0.1, 0.15) is 49.4 Å². The summed E-state index contributed by atoms with van der Waals surface area (Å²) in [6.45, 7) is 5.31. The third-order valence-electron chi connectivity index (χ3n) is 5.79. The molecule has 1 saturated heterocycles. The highest BCUT2D eigenvalue weighted by Gasteiger charge is 2.19. The zero-order valence-electron chi connectivity index (χ0n) is 17.2. The first-order valence-electron chi connectivity index (χ1n) is 10.6. The summed E-state index contributed by atoms with van der Waals surface area (Å²) in [5.74, 6) is 0.0135. The van der Waals surface area contributed by atoms with Crippen LogP contribution in [0.4, 0.5) is 11.4 Å². The molecular weight excluding hydrogens is 346 g/mol. The minimum Gasteiger partial charge on any atom is -0.352 e. The molecule has 0 aromatic heterocycles. The molecule has 4 heteroatoms. The van der Waals surface area contributed by atoms with Crippen LogP contribution < -0.4 is 10.2 Å². The van der Waals surface area contributed by atoms with Gasteiger partial charge in [0.2, 0.25) is 0 Å². The van der Waals surface area contributed by atoms with Gasteiger partial charge in [0.1, 0.15) is 0 Å². The number of hydrogen-bond donors (Lipinski definition) is 1. The van der Waals surface area contributed by atoms with Gasteiger partial charge in [0.05, 0.1) is 0 Å². The fourth-order valence-electron chi connectivity index (χ4n) is 4.04. The number of nitrogens with zero attached hydrogens (tertiary/aromatic N) is 2. The van der Waals surface area contributed by atoms with E-state index < -0.39 is 0 Å². The molecule has 1 fully saturated rings. The molecule has 3 rings (SSSR count). The van der Waals surface area contributed by atoms with Crippen molar-refractivity contribution in [1.82, 2.24) is 10.2 Å². The fourth-order valence-corrected chi connectivity index (χ4v) is 4.04. The molecule has 150 valence electrons. The van der Waals surface area contributed by atoms with Crippen LogP contribution in [0.15, 0.2) is 54.6 Å². The first-order valence-corrected chi connectivity index (χ1v) is 10.6. The van der Waals surface area contributed by atoms with Gasteiger partial charge in [-0.1, -0.05) is 31.5 Å². The normalized spacial score (nSPS) is 17.3. The Labute approximate surface area is 169 Å². The van der Waals surface area contributed by atoms with Crippen molar-refractivity contribution in [3.05, 3.63) is 60.2 Å². The number of piperidine rings is 1. The Morgan fingerprint density at radius 3 is 2.50 bits per heavy atom. The van der Waals surface area contributed by atoms with E-state index in [1.54, 1.807) is 0 Å². The molecule has 1 atom stereocenters. The van der Waals surface area contributed by atoms with Gasteiger partial charge in [-0.2, -0.15) is 0 Å². The molecule has 28 heavy (non-hydrogen) atoms. The number of hydrogen-bond acceptors (Lipinski definition) is 3.